The van der Waals surface area contributed by atoms with E-state index in [2.05, 4.69) is 6.92 Å². The van der Waals surface area contributed by atoms with Crippen molar-refractivity contribution < 1.29 is 20.1 Å². The van der Waals surface area contributed by atoms with Crippen LogP contribution in [-0.2, 0) is 4.79 Å². The molecule has 30 heavy (non-hydrogen) atoms. The van der Waals surface area contributed by atoms with Gasteiger partial charge in [0.25, 0.3) is 0 Å². The van der Waals surface area contributed by atoms with Gasteiger partial charge in [0.15, 0.2) is 0 Å². The van der Waals surface area contributed by atoms with Gasteiger partial charge in [0.1, 0.15) is 0 Å². The summed E-state index contributed by atoms with van der Waals surface area (Å²) in [6.45, 7) is 2.18. The minimum Gasteiger partial charge on any atom is -0.481 e. The number of carboxylic acids is 1. The first kappa shape index (κ1) is 24.9. The summed E-state index contributed by atoms with van der Waals surface area (Å²) in [5.74, 6) is -0.302. The number of aliphatic hydroxyl groups is 2. The van der Waals surface area contributed by atoms with E-state index in [1.807, 2.05) is 30.3 Å². The second-order valence-corrected chi connectivity index (χ2v) is 9.24. The molecule has 1 fully saturated rings. The van der Waals surface area contributed by atoms with Crippen molar-refractivity contribution in [3.63, 3.8) is 0 Å². The Morgan fingerprint density at radius 1 is 0.967 bits per heavy atom. The van der Waals surface area contributed by atoms with Crippen LogP contribution in [0.3, 0.4) is 0 Å². The van der Waals surface area contributed by atoms with E-state index in [1.165, 1.54) is 12.8 Å². The highest BCUT2D eigenvalue weighted by atomic mass is 16.4. The molecule has 0 amide bonds. The predicted molar refractivity (Wildman–Crippen MR) is 122 cm³/mol. The molecule has 0 spiro atoms. The summed E-state index contributed by atoms with van der Waals surface area (Å²) in [6.07, 6.45) is 12.4. The molecule has 0 aliphatic heterocycles. The molecule has 4 nitrogen and oxygen atoms in total. The van der Waals surface area contributed by atoms with Crippen molar-refractivity contribution in [1.82, 2.24) is 0 Å². The summed E-state index contributed by atoms with van der Waals surface area (Å²) >= 11 is 0. The molecule has 0 radical (unpaired) electrons. The Hall–Kier alpha value is -1.39. The number of aliphatic hydroxyl groups excluding tert-OH is 2. The Balaban J connectivity index is 1.68. The minimum absolute atomic E-state index is 0.194. The smallest absolute Gasteiger partial charge is 0.310 e. The second-order valence-electron chi connectivity index (χ2n) is 9.24. The Bertz CT molecular complexity index is 588. The molecular formula is C26H42O4. The molecule has 1 saturated carbocycles. The minimum atomic E-state index is -0.745. The lowest BCUT2D eigenvalue weighted by atomic mass is 9.85. The first-order valence-corrected chi connectivity index (χ1v) is 12.2. The van der Waals surface area contributed by atoms with Crippen molar-refractivity contribution in [3.8, 4) is 0 Å². The van der Waals surface area contributed by atoms with Gasteiger partial charge in [-0.05, 0) is 62.3 Å². The van der Waals surface area contributed by atoms with Crippen LogP contribution in [0.1, 0.15) is 102 Å². The van der Waals surface area contributed by atoms with Crippen LogP contribution in [-0.4, -0.2) is 33.5 Å². The summed E-state index contributed by atoms with van der Waals surface area (Å²) < 4.78 is 0. The molecule has 1 aromatic rings. The van der Waals surface area contributed by atoms with Crippen molar-refractivity contribution in [2.45, 2.75) is 109 Å². The zero-order valence-corrected chi connectivity index (χ0v) is 18.7. The van der Waals surface area contributed by atoms with Crippen molar-refractivity contribution in [2.24, 2.45) is 11.8 Å². The lowest BCUT2D eigenvalue weighted by Crippen LogP contribution is -2.20. The van der Waals surface area contributed by atoms with Crippen LogP contribution in [0.4, 0.5) is 0 Å². The average Bonchev–Trinajstić information content (AvgIpc) is 3.09. The first-order valence-electron chi connectivity index (χ1n) is 12.2. The largest absolute Gasteiger partial charge is 0.481 e. The van der Waals surface area contributed by atoms with Gasteiger partial charge in [-0.15, -0.1) is 0 Å². The fourth-order valence-corrected chi connectivity index (χ4v) is 5.12. The van der Waals surface area contributed by atoms with Crippen LogP contribution in [0, 0.1) is 11.8 Å². The summed E-state index contributed by atoms with van der Waals surface area (Å²) in [5.41, 5.74) is 0.883. The van der Waals surface area contributed by atoms with Crippen molar-refractivity contribution >= 4 is 5.97 Å². The average molecular weight is 419 g/mol. The molecule has 0 aromatic heterocycles. The highest BCUT2D eigenvalue weighted by Gasteiger charge is 2.34. The SMILES string of the molecule is CCCCCC(O)CC[C@H]1CC[C@H](O)[C@@H]1CCCCCC(C(=O)O)c1ccccc1. The fraction of sp³-hybridized carbons (Fsp3) is 0.731. The van der Waals surface area contributed by atoms with Crippen LogP contribution in [0.2, 0.25) is 0 Å². The van der Waals surface area contributed by atoms with E-state index >= 15 is 0 Å². The molecule has 1 aliphatic rings. The maximum absolute atomic E-state index is 11.6. The van der Waals surface area contributed by atoms with Crippen LogP contribution >= 0.6 is 0 Å². The standard InChI is InChI=1S/C26H42O4/c1-2-3-6-13-22(27)18-16-21-17-19-25(28)23(21)14-9-5-10-15-24(26(29)30)20-11-7-4-8-12-20/h4,7-8,11-12,21-25,27-28H,2-3,5-6,9-10,13-19H2,1H3,(H,29,30)/t21-,22?,23+,24?,25-/m0/s1. The van der Waals surface area contributed by atoms with E-state index in [-0.39, 0.29) is 12.2 Å². The van der Waals surface area contributed by atoms with E-state index in [0.717, 1.165) is 69.8 Å². The molecule has 0 bridgehead atoms. The third-order valence-electron chi connectivity index (χ3n) is 6.97. The van der Waals surface area contributed by atoms with Gasteiger partial charge < -0.3 is 15.3 Å². The molecule has 0 heterocycles. The van der Waals surface area contributed by atoms with Gasteiger partial charge in [-0.1, -0.05) is 75.8 Å². The zero-order chi connectivity index (χ0) is 21.8. The van der Waals surface area contributed by atoms with Crippen LogP contribution in [0.25, 0.3) is 0 Å². The lowest BCUT2D eigenvalue weighted by molar-refractivity contribution is -0.139. The molecule has 2 rings (SSSR count). The Morgan fingerprint density at radius 2 is 1.70 bits per heavy atom. The van der Waals surface area contributed by atoms with Gasteiger partial charge in [0.2, 0.25) is 0 Å². The number of hydrogen-bond donors (Lipinski definition) is 3. The van der Waals surface area contributed by atoms with Crippen molar-refractivity contribution in [1.29, 1.82) is 0 Å². The molecule has 0 saturated heterocycles. The molecule has 170 valence electrons. The third-order valence-corrected chi connectivity index (χ3v) is 6.97. The molecule has 4 heteroatoms. The summed E-state index contributed by atoms with van der Waals surface area (Å²) in [4.78, 5) is 11.6. The third kappa shape index (κ3) is 8.39. The number of benzene rings is 1. The summed E-state index contributed by atoms with van der Waals surface area (Å²) in [5, 5.41) is 30.2. The molecule has 2 unspecified atom stereocenters. The maximum Gasteiger partial charge on any atom is 0.310 e. The lowest BCUT2D eigenvalue weighted by Gasteiger charge is -2.23. The number of rotatable bonds is 15. The highest BCUT2D eigenvalue weighted by Crippen LogP contribution is 2.39. The van der Waals surface area contributed by atoms with Gasteiger partial charge in [-0.2, -0.15) is 0 Å². The van der Waals surface area contributed by atoms with Crippen LogP contribution in [0.5, 0.6) is 0 Å². The normalized spacial score (nSPS) is 23.4. The second kappa shape index (κ2) is 13.8. The number of aliphatic carboxylic acids is 1. The van der Waals surface area contributed by atoms with Crippen LogP contribution < -0.4 is 0 Å². The maximum atomic E-state index is 11.6. The molecule has 5 atom stereocenters. The Labute approximate surface area is 182 Å². The molecule has 3 N–H and O–H groups in total. The fourth-order valence-electron chi connectivity index (χ4n) is 5.12. The first-order chi connectivity index (χ1) is 14.5. The topological polar surface area (TPSA) is 77.8 Å². The monoisotopic (exact) mass is 418 g/mol. The van der Waals surface area contributed by atoms with Gasteiger partial charge in [-0.3, -0.25) is 4.79 Å². The zero-order valence-electron chi connectivity index (χ0n) is 18.7. The van der Waals surface area contributed by atoms with E-state index in [9.17, 15) is 20.1 Å². The quantitative estimate of drug-likeness (QED) is 0.309. The van der Waals surface area contributed by atoms with Crippen molar-refractivity contribution in [2.75, 3.05) is 0 Å². The molecule has 1 aromatic carbocycles. The summed E-state index contributed by atoms with van der Waals surface area (Å²) in [6, 6.07) is 9.50. The summed E-state index contributed by atoms with van der Waals surface area (Å²) in [7, 11) is 0. The Morgan fingerprint density at radius 3 is 2.40 bits per heavy atom. The molecular weight excluding hydrogens is 376 g/mol. The Kier molecular flexibility index (Phi) is 11.5. The number of hydrogen-bond acceptors (Lipinski definition) is 3. The van der Waals surface area contributed by atoms with Gasteiger partial charge >= 0.3 is 5.97 Å². The molecule has 1 aliphatic carbocycles. The predicted octanol–water partition coefficient (Wildman–Crippen LogP) is 5.91. The number of unbranched alkanes of at least 4 members (excludes halogenated alkanes) is 4. The highest BCUT2D eigenvalue weighted by molar-refractivity contribution is 5.75. The van der Waals surface area contributed by atoms with Crippen molar-refractivity contribution in [3.05, 3.63) is 35.9 Å². The van der Waals surface area contributed by atoms with E-state index in [1.54, 1.807) is 0 Å². The van der Waals surface area contributed by atoms with Gasteiger partial charge in [0.05, 0.1) is 18.1 Å². The van der Waals surface area contributed by atoms with Crippen LogP contribution in [0.15, 0.2) is 30.3 Å². The van der Waals surface area contributed by atoms with E-state index in [0.29, 0.717) is 18.3 Å². The van der Waals surface area contributed by atoms with E-state index in [4.69, 9.17) is 0 Å². The number of carboxylic acid groups (broad SMARTS) is 1. The van der Waals surface area contributed by atoms with E-state index < -0.39 is 11.9 Å². The van der Waals surface area contributed by atoms with Gasteiger partial charge in [-0.25, -0.2) is 0 Å². The number of carbonyl (C=O) groups is 1. The van der Waals surface area contributed by atoms with Gasteiger partial charge in [0, 0.05) is 0 Å².